The van der Waals surface area contributed by atoms with E-state index < -0.39 is 0 Å². The number of hydrogen-bond donors (Lipinski definition) is 0. The summed E-state index contributed by atoms with van der Waals surface area (Å²) in [6, 6.07) is 13.0. The molecule has 0 unspecified atom stereocenters. The molecule has 0 aliphatic heterocycles. The lowest BCUT2D eigenvalue weighted by molar-refractivity contribution is -0.121. The lowest BCUT2D eigenvalue weighted by atomic mass is 9.93. The van der Waals surface area contributed by atoms with Crippen LogP contribution in [0.3, 0.4) is 0 Å². The highest BCUT2D eigenvalue weighted by atomic mass is 16.1. The monoisotopic (exact) mass is 268 g/mol. The molecule has 1 aromatic heterocycles. The fraction of sp³-hybridized carbons (Fsp3) is 0.412. The lowest BCUT2D eigenvalue weighted by Crippen LogP contribution is -2.35. The Labute approximate surface area is 119 Å². The lowest BCUT2D eigenvalue weighted by Gasteiger charge is -2.30. The van der Waals surface area contributed by atoms with E-state index in [4.69, 9.17) is 4.98 Å². The Morgan fingerprint density at radius 1 is 1.15 bits per heavy atom. The van der Waals surface area contributed by atoms with Crippen LogP contribution in [-0.2, 0) is 11.3 Å². The molecule has 3 heteroatoms. The maximum absolute atomic E-state index is 11.3. The Morgan fingerprint density at radius 3 is 2.70 bits per heavy atom. The number of benzene rings is 1. The van der Waals surface area contributed by atoms with Crippen LogP contribution in [0.5, 0.6) is 0 Å². The van der Waals surface area contributed by atoms with Gasteiger partial charge in [0.25, 0.3) is 0 Å². The average molecular weight is 268 g/mol. The highest BCUT2D eigenvalue weighted by Crippen LogP contribution is 2.21. The predicted molar refractivity (Wildman–Crippen MR) is 80.5 cm³/mol. The van der Waals surface area contributed by atoms with Crippen molar-refractivity contribution in [3.63, 3.8) is 0 Å². The number of Topliss-reactive ketones (excluding diaryl/α,β-unsaturated/α-hetero) is 1. The first-order valence-corrected chi connectivity index (χ1v) is 7.29. The van der Waals surface area contributed by atoms with Crippen LogP contribution in [0.2, 0.25) is 0 Å². The summed E-state index contributed by atoms with van der Waals surface area (Å²) in [6.45, 7) is 0.851. The minimum absolute atomic E-state index is 0.415. The number of carbonyl (C=O) groups excluding carboxylic acids is 1. The largest absolute Gasteiger partial charge is 0.300 e. The zero-order valence-electron chi connectivity index (χ0n) is 11.9. The van der Waals surface area contributed by atoms with Crippen LogP contribution in [0.4, 0.5) is 0 Å². The van der Waals surface area contributed by atoms with Gasteiger partial charge in [0, 0.05) is 30.8 Å². The fourth-order valence-electron chi connectivity index (χ4n) is 2.95. The Bertz CT molecular complexity index is 613. The average Bonchev–Trinajstić information content (AvgIpc) is 2.48. The molecule has 0 N–H and O–H groups in total. The third kappa shape index (κ3) is 2.88. The van der Waals surface area contributed by atoms with Crippen LogP contribution in [0.15, 0.2) is 36.4 Å². The van der Waals surface area contributed by atoms with E-state index in [1.54, 1.807) is 0 Å². The molecule has 1 fully saturated rings. The van der Waals surface area contributed by atoms with Crippen molar-refractivity contribution in [3.8, 4) is 0 Å². The second-order valence-electron chi connectivity index (χ2n) is 5.68. The van der Waals surface area contributed by atoms with Crippen molar-refractivity contribution < 1.29 is 4.79 Å². The van der Waals surface area contributed by atoms with Gasteiger partial charge in [-0.1, -0.05) is 24.3 Å². The number of aromatic nitrogens is 1. The van der Waals surface area contributed by atoms with Gasteiger partial charge >= 0.3 is 0 Å². The summed E-state index contributed by atoms with van der Waals surface area (Å²) in [5.74, 6) is 0.415. The van der Waals surface area contributed by atoms with Crippen LogP contribution in [0.1, 0.15) is 31.4 Å². The van der Waals surface area contributed by atoms with E-state index >= 15 is 0 Å². The maximum atomic E-state index is 11.3. The summed E-state index contributed by atoms with van der Waals surface area (Å²) in [5.41, 5.74) is 2.15. The van der Waals surface area contributed by atoms with Gasteiger partial charge in [0.15, 0.2) is 0 Å². The second-order valence-corrected chi connectivity index (χ2v) is 5.68. The van der Waals surface area contributed by atoms with Gasteiger partial charge in [-0.15, -0.1) is 0 Å². The predicted octanol–water partition coefficient (Wildman–Crippen LogP) is 3.18. The van der Waals surface area contributed by atoms with Crippen molar-refractivity contribution >= 4 is 16.7 Å². The smallest absolute Gasteiger partial charge is 0.133 e. The molecule has 0 atom stereocenters. The summed E-state index contributed by atoms with van der Waals surface area (Å²) >= 11 is 0. The van der Waals surface area contributed by atoms with Crippen LogP contribution >= 0.6 is 0 Å². The molecule has 0 saturated heterocycles. The van der Waals surface area contributed by atoms with Crippen molar-refractivity contribution in [1.29, 1.82) is 0 Å². The van der Waals surface area contributed by atoms with Crippen LogP contribution in [0, 0.1) is 0 Å². The molecule has 3 nitrogen and oxygen atoms in total. The van der Waals surface area contributed by atoms with Crippen molar-refractivity contribution in [2.24, 2.45) is 0 Å². The van der Waals surface area contributed by atoms with E-state index in [2.05, 4.69) is 36.2 Å². The maximum Gasteiger partial charge on any atom is 0.133 e. The van der Waals surface area contributed by atoms with Gasteiger partial charge in [-0.2, -0.15) is 0 Å². The first kappa shape index (κ1) is 13.3. The van der Waals surface area contributed by atoms with Gasteiger partial charge in [0.2, 0.25) is 0 Å². The molecule has 1 saturated carbocycles. The van der Waals surface area contributed by atoms with Gasteiger partial charge in [0.1, 0.15) is 5.78 Å². The number of rotatable bonds is 3. The molecule has 1 aromatic carbocycles. The first-order chi connectivity index (χ1) is 9.72. The van der Waals surface area contributed by atoms with Crippen molar-refractivity contribution in [2.75, 3.05) is 7.05 Å². The standard InChI is InChI=1S/C17H20N2O/c1-19(15-8-10-16(20)11-9-15)12-14-7-6-13-4-2-3-5-17(13)18-14/h2-7,15H,8-12H2,1H3. The molecule has 0 amide bonds. The Hall–Kier alpha value is -1.74. The zero-order valence-corrected chi connectivity index (χ0v) is 11.9. The summed E-state index contributed by atoms with van der Waals surface area (Å²) in [6.07, 6.45) is 3.45. The van der Waals surface area contributed by atoms with Gasteiger partial charge in [0.05, 0.1) is 11.2 Å². The Kier molecular flexibility index (Phi) is 3.79. The number of ketones is 1. The number of carbonyl (C=O) groups is 1. The third-order valence-electron chi connectivity index (χ3n) is 4.20. The summed E-state index contributed by atoms with van der Waals surface area (Å²) in [7, 11) is 2.14. The van der Waals surface area contributed by atoms with E-state index in [-0.39, 0.29) is 0 Å². The van der Waals surface area contributed by atoms with Crippen LogP contribution in [-0.4, -0.2) is 28.8 Å². The molecule has 2 aromatic rings. The SMILES string of the molecule is CN(Cc1ccc2ccccc2n1)C1CCC(=O)CC1. The molecule has 20 heavy (non-hydrogen) atoms. The van der Waals surface area contributed by atoms with Gasteiger partial charge < -0.3 is 0 Å². The van der Waals surface area contributed by atoms with Gasteiger partial charge in [-0.25, -0.2) is 0 Å². The quantitative estimate of drug-likeness (QED) is 0.857. The van der Waals surface area contributed by atoms with Gasteiger partial charge in [-0.3, -0.25) is 14.7 Å². The molecule has 1 heterocycles. The van der Waals surface area contributed by atoms with Gasteiger partial charge in [-0.05, 0) is 32.0 Å². The highest BCUT2D eigenvalue weighted by molar-refractivity contribution is 5.79. The summed E-state index contributed by atoms with van der Waals surface area (Å²) in [4.78, 5) is 18.4. The number of hydrogen-bond acceptors (Lipinski definition) is 3. The number of para-hydroxylation sites is 1. The minimum Gasteiger partial charge on any atom is -0.300 e. The number of nitrogens with zero attached hydrogens (tertiary/aromatic N) is 2. The Morgan fingerprint density at radius 2 is 1.90 bits per heavy atom. The van der Waals surface area contributed by atoms with Crippen molar-refractivity contribution in [3.05, 3.63) is 42.1 Å². The van der Waals surface area contributed by atoms with E-state index in [9.17, 15) is 4.79 Å². The molecule has 0 spiro atoms. The number of fused-ring (bicyclic) bond motifs is 1. The highest BCUT2D eigenvalue weighted by Gasteiger charge is 2.22. The van der Waals surface area contributed by atoms with Crippen LogP contribution < -0.4 is 0 Å². The van der Waals surface area contributed by atoms with E-state index in [0.29, 0.717) is 11.8 Å². The van der Waals surface area contributed by atoms with E-state index in [1.807, 2.05) is 12.1 Å². The van der Waals surface area contributed by atoms with Crippen molar-refractivity contribution in [2.45, 2.75) is 38.3 Å². The minimum atomic E-state index is 0.415. The topological polar surface area (TPSA) is 33.2 Å². The molecule has 0 radical (unpaired) electrons. The molecule has 3 rings (SSSR count). The Balaban J connectivity index is 1.70. The third-order valence-corrected chi connectivity index (χ3v) is 4.20. The fourth-order valence-corrected chi connectivity index (χ4v) is 2.95. The molecular formula is C17H20N2O. The normalized spacial score (nSPS) is 17.0. The number of pyridine rings is 1. The molecule has 1 aliphatic carbocycles. The molecule has 0 bridgehead atoms. The first-order valence-electron chi connectivity index (χ1n) is 7.29. The zero-order chi connectivity index (χ0) is 13.9. The summed E-state index contributed by atoms with van der Waals surface area (Å²) in [5, 5.41) is 1.18. The molecule has 104 valence electrons. The molecular weight excluding hydrogens is 248 g/mol. The van der Waals surface area contributed by atoms with Crippen molar-refractivity contribution in [1.82, 2.24) is 9.88 Å². The van der Waals surface area contributed by atoms with E-state index in [1.165, 1.54) is 5.39 Å². The second kappa shape index (κ2) is 5.71. The van der Waals surface area contributed by atoms with E-state index in [0.717, 1.165) is 43.4 Å². The summed E-state index contributed by atoms with van der Waals surface area (Å²) < 4.78 is 0. The molecule has 1 aliphatic rings. The van der Waals surface area contributed by atoms with Crippen LogP contribution in [0.25, 0.3) is 10.9 Å².